The van der Waals surface area contributed by atoms with Gasteiger partial charge in [-0.3, -0.25) is 14.5 Å². The second-order valence-electron chi connectivity index (χ2n) is 7.59. The lowest BCUT2D eigenvalue weighted by molar-refractivity contribution is -0.140. The number of carbonyl (C=O) groups is 2. The summed E-state index contributed by atoms with van der Waals surface area (Å²) in [5.74, 6) is 1.53. The van der Waals surface area contributed by atoms with Crippen LogP contribution in [0.5, 0.6) is 0 Å². The minimum Gasteiger partial charge on any atom is -0.468 e. The number of nitrogens with zero attached hydrogens (tertiary/aromatic N) is 1. The summed E-state index contributed by atoms with van der Waals surface area (Å²) >= 11 is 6.03. The minimum absolute atomic E-state index is 0.0556. The van der Waals surface area contributed by atoms with E-state index in [4.69, 9.17) is 5.73 Å². The fraction of sp³-hybridized carbons (Fsp3) is 0.680. The van der Waals surface area contributed by atoms with Crippen LogP contribution in [-0.2, 0) is 27.3 Å². The maximum absolute atomic E-state index is 10.1. The van der Waals surface area contributed by atoms with Crippen LogP contribution in [0.2, 0.25) is 0 Å². The molecular formula is C25H48N4O3S2. The highest BCUT2D eigenvalue weighted by Gasteiger charge is 2.14. The number of thiol groups is 1. The molecule has 1 aromatic carbocycles. The standard InChI is InChI=1S/C14H23N3S.C4H7NO3.C4H10.C3H8S/c15-14(11-18)9-16-6-8-17-7-5-12-3-1-2-4-13(12)10-17;1-8-4(7)2-5-3-6;2*1-3-4-2/h1-4,14,16,18H,5-11,15H2;3H,2H2,1H3,(H,5,6);3-4H2,1-2H3;3H2,1-2H3. The van der Waals surface area contributed by atoms with E-state index < -0.39 is 5.97 Å². The number of carbonyl (C=O) groups excluding carboxylic acids is 2. The third kappa shape index (κ3) is 21.3. The van der Waals surface area contributed by atoms with Crippen LogP contribution < -0.4 is 16.4 Å². The van der Waals surface area contributed by atoms with Crippen molar-refractivity contribution >= 4 is 36.8 Å². The van der Waals surface area contributed by atoms with E-state index in [9.17, 15) is 9.59 Å². The zero-order valence-electron chi connectivity index (χ0n) is 21.8. The van der Waals surface area contributed by atoms with Crippen LogP contribution in [0.1, 0.15) is 44.7 Å². The van der Waals surface area contributed by atoms with Gasteiger partial charge in [-0.15, -0.1) is 0 Å². The van der Waals surface area contributed by atoms with Gasteiger partial charge < -0.3 is 21.1 Å². The predicted molar refractivity (Wildman–Crippen MR) is 151 cm³/mol. The Labute approximate surface area is 217 Å². The molecule has 2 rings (SSSR count). The van der Waals surface area contributed by atoms with Crippen molar-refractivity contribution < 1.29 is 14.3 Å². The molecule has 7 nitrogen and oxygen atoms in total. The van der Waals surface area contributed by atoms with E-state index in [-0.39, 0.29) is 12.6 Å². The van der Waals surface area contributed by atoms with Crippen LogP contribution in [-0.4, -0.2) is 80.9 Å². The molecule has 1 aliphatic heterocycles. The number of nitrogens with one attached hydrogen (secondary N) is 2. The Kier molecular flexibility index (Phi) is 27.0. The molecule has 1 amide bonds. The average molecular weight is 517 g/mol. The van der Waals surface area contributed by atoms with Crippen molar-refractivity contribution in [3.8, 4) is 0 Å². The number of hydrogen-bond donors (Lipinski definition) is 4. The van der Waals surface area contributed by atoms with Crippen LogP contribution in [0.4, 0.5) is 0 Å². The molecule has 1 atom stereocenters. The molecular weight excluding hydrogens is 468 g/mol. The molecule has 34 heavy (non-hydrogen) atoms. The van der Waals surface area contributed by atoms with Gasteiger partial charge >= 0.3 is 5.97 Å². The van der Waals surface area contributed by atoms with E-state index in [1.165, 1.54) is 43.3 Å². The fourth-order valence-corrected chi connectivity index (χ4v) is 2.66. The number of thioether (sulfide) groups is 1. The van der Waals surface area contributed by atoms with Crippen LogP contribution in [0.15, 0.2) is 24.3 Å². The van der Waals surface area contributed by atoms with Crippen LogP contribution in [0.3, 0.4) is 0 Å². The molecule has 0 saturated carbocycles. The number of benzene rings is 1. The largest absolute Gasteiger partial charge is 0.468 e. The SMILES string of the molecule is CCCC.CCSC.COC(=O)CNC=O.NC(CS)CNCCN1CCc2ccccc2C1. The Hall–Kier alpha value is -1.26. The van der Waals surface area contributed by atoms with Crippen LogP contribution in [0, 0.1) is 0 Å². The minimum atomic E-state index is -0.447. The first-order chi connectivity index (χ1) is 16.4. The van der Waals surface area contributed by atoms with Crippen LogP contribution in [0.25, 0.3) is 0 Å². The number of unbranched alkanes of at least 4 members (excludes halogenated alkanes) is 1. The molecule has 1 aromatic rings. The smallest absolute Gasteiger partial charge is 0.325 e. The number of fused-ring (bicyclic) bond motifs is 1. The quantitative estimate of drug-likeness (QED) is 0.155. The Morgan fingerprint density at radius 3 is 2.38 bits per heavy atom. The molecule has 0 spiro atoms. The first-order valence-electron chi connectivity index (χ1n) is 12.0. The summed E-state index contributed by atoms with van der Waals surface area (Å²) in [4.78, 5) is 22.1. The number of esters is 1. The Balaban J connectivity index is 0. The molecule has 0 fully saturated rings. The van der Waals surface area contributed by atoms with Crippen LogP contribution >= 0.6 is 24.4 Å². The summed E-state index contributed by atoms with van der Waals surface area (Å²) < 4.78 is 4.19. The van der Waals surface area contributed by atoms with E-state index in [1.54, 1.807) is 0 Å². The van der Waals surface area contributed by atoms with Gasteiger partial charge in [0.05, 0.1) is 7.11 Å². The van der Waals surface area contributed by atoms with Gasteiger partial charge in [0.25, 0.3) is 0 Å². The molecule has 0 aromatic heterocycles. The molecule has 1 heterocycles. The monoisotopic (exact) mass is 516 g/mol. The number of rotatable bonds is 11. The number of hydrogen-bond acceptors (Lipinski definition) is 8. The molecule has 0 aliphatic carbocycles. The number of nitrogens with two attached hydrogens (primary N) is 1. The van der Waals surface area contributed by atoms with Gasteiger partial charge in [0.15, 0.2) is 0 Å². The predicted octanol–water partition coefficient (Wildman–Crippen LogP) is 2.97. The molecule has 0 saturated heterocycles. The molecule has 198 valence electrons. The van der Waals surface area contributed by atoms with Crippen molar-refractivity contribution in [2.75, 3.05) is 57.6 Å². The number of ether oxygens (including phenoxy) is 1. The summed E-state index contributed by atoms with van der Waals surface area (Å²) in [6.45, 7) is 11.6. The van der Waals surface area contributed by atoms with E-state index in [2.05, 4.69) is 84.2 Å². The van der Waals surface area contributed by atoms with Gasteiger partial charge in [0, 0.05) is 44.5 Å². The van der Waals surface area contributed by atoms with Gasteiger partial charge in [0.1, 0.15) is 6.54 Å². The lowest BCUT2D eigenvalue weighted by atomic mass is 10.00. The summed E-state index contributed by atoms with van der Waals surface area (Å²) in [5.41, 5.74) is 8.80. The highest BCUT2D eigenvalue weighted by atomic mass is 32.2. The fourth-order valence-electron chi connectivity index (χ4n) is 2.53. The van der Waals surface area contributed by atoms with Crippen molar-refractivity contribution in [3.63, 3.8) is 0 Å². The van der Waals surface area contributed by atoms with Gasteiger partial charge in [0.2, 0.25) is 6.41 Å². The van der Waals surface area contributed by atoms with Crippen molar-refractivity contribution in [1.82, 2.24) is 15.5 Å². The molecule has 9 heteroatoms. The normalized spacial score (nSPS) is 12.8. The van der Waals surface area contributed by atoms with Crippen molar-refractivity contribution in [1.29, 1.82) is 0 Å². The number of amides is 1. The van der Waals surface area contributed by atoms with E-state index in [1.807, 2.05) is 11.8 Å². The van der Waals surface area contributed by atoms with Crippen molar-refractivity contribution in [3.05, 3.63) is 35.4 Å². The maximum Gasteiger partial charge on any atom is 0.325 e. The Bertz CT molecular complexity index is 601. The van der Waals surface area contributed by atoms with E-state index in [0.29, 0.717) is 6.41 Å². The van der Waals surface area contributed by atoms with Crippen molar-refractivity contribution in [2.24, 2.45) is 5.73 Å². The molecule has 4 N–H and O–H groups in total. The first kappa shape index (κ1) is 34.9. The lowest BCUT2D eigenvalue weighted by Gasteiger charge is -2.28. The zero-order chi connectivity index (χ0) is 26.0. The highest BCUT2D eigenvalue weighted by molar-refractivity contribution is 7.98. The van der Waals surface area contributed by atoms with E-state index in [0.717, 1.165) is 38.5 Å². The second-order valence-corrected chi connectivity index (χ2v) is 9.11. The molecule has 0 radical (unpaired) electrons. The van der Waals surface area contributed by atoms with Gasteiger partial charge in [-0.2, -0.15) is 24.4 Å². The van der Waals surface area contributed by atoms with Gasteiger partial charge in [-0.1, -0.05) is 57.9 Å². The molecule has 1 unspecified atom stereocenters. The lowest BCUT2D eigenvalue weighted by Crippen LogP contribution is -2.40. The molecule has 0 bridgehead atoms. The Morgan fingerprint density at radius 2 is 1.88 bits per heavy atom. The maximum atomic E-state index is 10.1. The van der Waals surface area contributed by atoms with E-state index >= 15 is 0 Å². The van der Waals surface area contributed by atoms with Gasteiger partial charge in [-0.25, -0.2) is 0 Å². The third-order valence-corrected chi connectivity index (χ3v) is 5.85. The third-order valence-electron chi connectivity index (χ3n) is 4.80. The van der Waals surface area contributed by atoms with Gasteiger partial charge in [-0.05, 0) is 29.6 Å². The summed E-state index contributed by atoms with van der Waals surface area (Å²) in [6.07, 6.45) is 6.35. The summed E-state index contributed by atoms with van der Waals surface area (Å²) in [6, 6.07) is 8.92. The second kappa shape index (κ2) is 26.3. The first-order valence-corrected chi connectivity index (χ1v) is 14.0. The Morgan fingerprint density at radius 1 is 1.26 bits per heavy atom. The zero-order valence-corrected chi connectivity index (χ0v) is 23.6. The molecule has 1 aliphatic rings. The van der Waals surface area contributed by atoms with Crippen molar-refractivity contribution in [2.45, 2.75) is 52.6 Å². The highest BCUT2D eigenvalue weighted by Crippen LogP contribution is 2.17. The summed E-state index contributed by atoms with van der Waals surface area (Å²) in [7, 11) is 1.26. The average Bonchev–Trinajstić information content (AvgIpc) is 2.89. The number of methoxy groups -OCH3 is 1. The summed E-state index contributed by atoms with van der Waals surface area (Å²) in [5, 5.41) is 5.54. The topological polar surface area (TPSA) is 96.7 Å².